The number of aliphatic hydroxyl groups is 1. The van der Waals surface area contributed by atoms with Gasteiger partial charge in [0.05, 0.1) is 13.2 Å². The van der Waals surface area contributed by atoms with Crippen LogP contribution in [0, 0.1) is 6.92 Å². The standard InChI is InChI=1S/C8H15N3O2S/c1-7-9-10-8(14-7)11(3-5-12)4-6-13-2/h12H,3-6H2,1-2H3. The summed E-state index contributed by atoms with van der Waals surface area (Å²) in [5, 5.41) is 18.6. The zero-order valence-electron chi connectivity index (χ0n) is 8.43. The summed E-state index contributed by atoms with van der Waals surface area (Å²) in [7, 11) is 1.66. The molecule has 1 aromatic heterocycles. The Bertz CT molecular complexity index is 267. The number of aryl methyl sites for hydroxylation is 1. The summed E-state index contributed by atoms with van der Waals surface area (Å²) in [6.45, 7) is 3.94. The molecule has 1 aromatic rings. The van der Waals surface area contributed by atoms with Crippen molar-refractivity contribution >= 4 is 16.5 Å². The first-order valence-corrected chi connectivity index (χ1v) is 5.24. The van der Waals surface area contributed by atoms with Crippen molar-refractivity contribution in [3.8, 4) is 0 Å². The second-order valence-electron chi connectivity index (χ2n) is 2.81. The van der Waals surface area contributed by atoms with Gasteiger partial charge in [-0.3, -0.25) is 0 Å². The van der Waals surface area contributed by atoms with E-state index in [1.807, 2.05) is 11.8 Å². The van der Waals surface area contributed by atoms with Crippen molar-refractivity contribution in [2.75, 3.05) is 38.3 Å². The van der Waals surface area contributed by atoms with Crippen LogP contribution < -0.4 is 4.90 Å². The van der Waals surface area contributed by atoms with Crippen molar-refractivity contribution in [2.45, 2.75) is 6.92 Å². The molecule has 0 aromatic carbocycles. The van der Waals surface area contributed by atoms with Crippen LogP contribution in [0.3, 0.4) is 0 Å². The molecule has 14 heavy (non-hydrogen) atoms. The third kappa shape index (κ3) is 3.21. The van der Waals surface area contributed by atoms with Gasteiger partial charge in [-0.05, 0) is 6.92 Å². The first kappa shape index (κ1) is 11.4. The first-order chi connectivity index (χ1) is 6.77. The van der Waals surface area contributed by atoms with Gasteiger partial charge in [0.1, 0.15) is 5.01 Å². The second kappa shape index (κ2) is 5.90. The van der Waals surface area contributed by atoms with Crippen molar-refractivity contribution in [1.82, 2.24) is 10.2 Å². The van der Waals surface area contributed by atoms with Gasteiger partial charge in [-0.1, -0.05) is 11.3 Å². The van der Waals surface area contributed by atoms with Crippen LogP contribution in [-0.4, -0.2) is 48.7 Å². The molecule has 80 valence electrons. The topological polar surface area (TPSA) is 58.5 Å². The SMILES string of the molecule is COCCN(CCO)c1nnc(C)s1. The Labute approximate surface area is 87.3 Å². The minimum absolute atomic E-state index is 0.113. The van der Waals surface area contributed by atoms with Crippen LogP contribution in [0.5, 0.6) is 0 Å². The van der Waals surface area contributed by atoms with Crippen molar-refractivity contribution in [2.24, 2.45) is 0 Å². The van der Waals surface area contributed by atoms with E-state index in [1.54, 1.807) is 7.11 Å². The maximum absolute atomic E-state index is 8.88. The predicted octanol–water partition coefficient (Wildman–Crippen LogP) is 0.292. The van der Waals surface area contributed by atoms with Gasteiger partial charge in [0.2, 0.25) is 5.13 Å². The number of hydrogen-bond acceptors (Lipinski definition) is 6. The van der Waals surface area contributed by atoms with Crippen LogP contribution >= 0.6 is 11.3 Å². The number of rotatable bonds is 6. The zero-order valence-corrected chi connectivity index (χ0v) is 9.25. The van der Waals surface area contributed by atoms with E-state index >= 15 is 0 Å². The Morgan fingerprint density at radius 3 is 2.71 bits per heavy atom. The van der Waals surface area contributed by atoms with E-state index in [0.717, 1.165) is 16.7 Å². The molecular formula is C8H15N3O2S. The maximum atomic E-state index is 8.88. The molecule has 0 aliphatic carbocycles. The number of nitrogens with zero attached hydrogens (tertiary/aromatic N) is 3. The van der Waals surface area contributed by atoms with Crippen LogP contribution in [-0.2, 0) is 4.74 Å². The van der Waals surface area contributed by atoms with Crippen LogP contribution in [0.2, 0.25) is 0 Å². The highest BCUT2D eigenvalue weighted by molar-refractivity contribution is 7.15. The van der Waals surface area contributed by atoms with E-state index in [0.29, 0.717) is 13.2 Å². The number of aliphatic hydroxyl groups excluding tert-OH is 1. The lowest BCUT2D eigenvalue weighted by molar-refractivity contribution is 0.203. The van der Waals surface area contributed by atoms with Crippen molar-refractivity contribution in [1.29, 1.82) is 0 Å². The molecule has 0 aliphatic heterocycles. The van der Waals surface area contributed by atoms with Gasteiger partial charge >= 0.3 is 0 Å². The Kier molecular flexibility index (Phi) is 4.78. The fraction of sp³-hybridized carbons (Fsp3) is 0.750. The van der Waals surface area contributed by atoms with Gasteiger partial charge in [-0.15, -0.1) is 10.2 Å². The van der Waals surface area contributed by atoms with Gasteiger partial charge in [0.15, 0.2) is 0 Å². The highest BCUT2D eigenvalue weighted by Crippen LogP contribution is 2.18. The molecule has 1 N–H and O–H groups in total. The number of anilines is 1. The molecular weight excluding hydrogens is 202 g/mol. The molecule has 5 nitrogen and oxygen atoms in total. The quantitative estimate of drug-likeness (QED) is 0.742. The summed E-state index contributed by atoms with van der Waals surface area (Å²) in [5.41, 5.74) is 0. The number of methoxy groups -OCH3 is 1. The summed E-state index contributed by atoms with van der Waals surface area (Å²) in [6, 6.07) is 0. The average molecular weight is 217 g/mol. The minimum Gasteiger partial charge on any atom is -0.395 e. The van der Waals surface area contributed by atoms with Crippen LogP contribution in [0.4, 0.5) is 5.13 Å². The van der Waals surface area contributed by atoms with Crippen LogP contribution in [0.1, 0.15) is 5.01 Å². The van der Waals surface area contributed by atoms with Gasteiger partial charge in [0.25, 0.3) is 0 Å². The van der Waals surface area contributed by atoms with Crippen molar-refractivity contribution < 1.29 is 9.84 Å². The lowest BCUT2D eigenvalue weighted by Gasteiger charge is -2.19. The molecule has 0 saturated heterocycles. The van der Waals surface area contributed by atoms with E-state index in [1.165, 1.54) is 11.3 Å². The molecule has 0 spiro atoms. The Morgan fingerprint density at radius 1 is 1.43 bits per heavy atom. The monoisotopic (exact) mass is 217 g/mol. The van der Waals surface area contributed by atoms with Crippen LogP contribution in [0.25, 0.3) is 0 Å². The molecule has 0 fully saturated rings. The molecule has 0 unspecified atom stereocenters. The largest absolute Gasteiger partial charge is 0.395 e. The summed E-state index contributed by atoms with van der Waals surface area (Å²) in [6.07, 6.45) is 0. The normalized spacial score (nSPS) is 10.5. The highest BCUT2D eigenvalue weighted by atomic mass is 32.1. The maximum Gasteiger partial charge on any atom is 0.208 e. The first-order valence-electron chi connectivity index (χ1n) is 4.42. The average Bonchev–Trinajstić information content (AvgIpc) is 2.59. The third-order valence-corrected chi connectivity index (χ3v) is 2.62. The van der Waals surface area contributed by atoms with E-state index < -0.39 is 0 Å². The summed E-state index contributed by atoms with van der Waals surface area (Å²) in [5.74, 6) is 0. The molecule has 1 rings (SSSR count). The summed E-state index contributed by atoms with van der Waals surface area (Å²) in [4.78, 5) is 1.97. The number of hydrogen-bond donors (Lipinski definition) is 1. The fourth-order valence-corrected chi connectivity index (χ4v) is 1.78. The third-order valence-electron chi connectivity index (χ3n) is 1.72. The smallest absolute Gasteiger partial charge is 0.208 e. The Hall–Kier alpha value is -0.720. The van der Waals surface area contributed by atoms with E-state index in [2.05, 4.69) is 10.2 Å². The van der Waals surface area contributed by atoms with E-state index in [-0.39, 0.29) is 6.61 Å². The van der Waals surface area contributed by atoms with Gasteiger partial charge in [-0.25, -0.2) is 0 Å². The predicted molar refractivity (Wildman–Crippen MR) is 55.8 cm³/mol. The molecule has 0 saturated carbocycles. The summed E-state index contributed by atoms with van der Waals surface area (Å²) >= 11 is 1.52. The lowest BCUT2D eigenvalue weighted by atomic mass is 10.5. The summed E-state index contributed by atoms with van der Waals surface area (Å²) < 4.78 is 4.98. The molecule has 0 amide bonds. The Morgan fingerprint density at radius 2 is 2.21 bits per heavy atom. The minimum atomic E-state index is 0.113. The van der Waals surface area contributed by atoms with E-state index in [4.69, 9.17) is 9.84 Å². The molecule has 1 heterocycles. The van der Waals surface area contributed by atoms with Crippen molar-refractivity contribution in [3.05, 3.63) is 5.01 Å². The Balaban J connectivity index is 2.57. The fourth-order valence-electron chi connectivity index (χ4n) is 1.04. The van der Waals surface area contributed by atoms with Crippen LogP contribution in [0.15, 0.2) is 0 Å². The second-order valence-corrected chi connectivity index (χ2v) is 3.97. The lowest BCUT2D eigenvalue weighted by Crippen LogP contribution is -2.30. The molecule has 0 radical (unpaired) electrons. The molecule has 0 aliphatic rings. The number of ether oxygens (including phenoxy) is 1. The van der Waals surface area contributed by atoms with E-state index in [9.17, 15) is 0 Å². The number of aromatic nitrogens is 2. The zero-order chi connectivity index (χ0) is 10.4. The molecule has 6 heteroatoms. The van der Waals surface area contributed by atoms with Crippen molar-refractivity contribution in [3.63, 3.8) is 0 Å². The molecule has 0 atom stereocenters. The highest BCUT2D eigenvalue weighted by Gasteiger charge is 2.09. The van der Waals surface area contributed by atoms with Gasteiger partial charge < -0.3 is 14.7 Å². The van der Waals surface area contributed by atoms with Gasteiger partial charge in [0, 0.05) is 20.2 Å². The molecule has 0 bridgehead atoms. The van der Waals surface area contributed by atoms with Gasteiger partial charge in [-0.2, -0.15) is 0 Å².